The average Bonchev–Trinajstić information content (AvgIpc) is 3.21. The van der Waals surface area contributed by atoms with E-state index in [-0.39, 0.29) is 17.9 Å². The molecular formula is C31H34ClN3O4. The molecule has 204 valence electrons. The van der Waals surface area contributed by atoms with Gasteiger partial charge in [0.05, 0.1) is 36.5 Å². The van der Waals surface area contributed by atoms with Gasteiger partial charge in [-0.3, -0.25) is 14.9 Å². The van der Waals surface area contributed by atoms with Crippen molar-refractivity contribution in [3.63, 3.8) is 0 Å². The zero-order valence-corrected chi connectivity index (χ0v) is 23.1. The van der Waals surface area contributed by atoms with Crippen LogP contribution in [0.2, 0.25) is 5.02 Å². The van der Waals surface area contributed by atoms with Crippen LogP contribution in [0.1, 0.15) is 34.3 Å². The van der Waals surface area contributed by atoms with Gasteiger partial charge in [0.2, 0.25) is 5.91 Å². The molecule has 3 aromatic carbocycles. The molecule has 0 saturated carbocycles. The Balaban J connectivity index is 1.35. The first-order valence-electron chi connectivity index (χ1n) is 13.3. The Morgan fingerprint density at radius 1 is 0.949 bits per heavy atom. The summed E-state index contributed by atoms with van der Waals surface area (Å²) >= 11 is 6.31. The second kappa shape index (κ2) is 11.7. The maximum atomic E-state index is 13.8. The highest BCUT2D eigenvalue weighted by Crippen LogP contribution is 2.35. The molecule has 2 aliphatic rings. The quantitative estimate of drug-likeness (QED) is 0.447. The van der Waals surface area contributed by atoms with E-state index in [0.717, 1.165) is 11.1 Å². The van der Waals surface area contributed by atoms with Crippen LogP contribution in [-0.2, 0) is 17.6 Å². The van der Waals surface area contributed by atoms with E-state index in [1.807, 2.05) is 58.3 Å². The fourth-order valence-corrected chi connectivity index (χ4v) is 5.97. The molecule has 7 nitrogen and oxygen atoms in total. The number of carbonyl (C=O) groups is 2. The number of hydrogen-bond acceptors (Lipinski definition) is 5. The topological polar surface area (TPSA) is 71.1 Å². The Hall–Kier alpha value is -3.55. The molecule has 0 unspecified atom stereocenters. The Morgan fingerprint density at radius 3 is 2.33 bits per heavy atom. The molecule has 2 amide bonds. The van der Waals surface area contributed by atoms with Gasteiger partial charge < -0.3 is 19.3 Å². The number of ether oxygens (including phenoxy) is 2. The van der Waals surface area contributed by atoms with Crippen molar-refractivity contribution in [3.8, 4) is 11.5 Å². The third kappa shape index (κ3) is 5.60. The summed E-state index contributed by atoms with van der Waals surface area (Å²) in [6.07, 6.45) is 2.59. The Kier molecular flexibility index (Phi) is 8.10. The first-order chi connectivity index (χ1) is 18.9. The van der Waals surface area contributed by atoms with Gasteiger partial charge in [0.25, 0.3) is 5.91 Å². The number of benzene rings is 3. The third-order valence-corrected chi connectivity index (χ3v) is 8.19. The zero-order chi connectivity index (χ0) is 27.4. The van der Waals surface area contributed by atoms with Crippen LogP contribution in [0.25, 0.3) is 0 Å². The number of rotatable bonds is 8. The van der Waals surface area contributed by atoms with Gasteiger partial charge in [0, 0.05) is 32.5 Å². The average molecular weight is 548 g/mol. The summed E-state index contributed by atoms with van der Waals surface area (Å²) in [5.74, 6) is 1.38. The van der Waals surface area contributed by atoms with Crippen LogP contribution in [0.4, 0.5) is 0 Å². The van der Waals surface area contributed by atoms with Crippen molar-refractivity contribution in [2.24, 2.45) is 0 Å². The first kappa shape index (κ1) is 27.0. The van der Waals surface area contributed by atoms with E-state index >= 15 is 0 Å². The van der Waals surface area contributed by atoms with Crippen molar-refractivity contribution in [2.75, 3.05) is 33.9 Å². The van der Waals surface area contributed by atoms with Gasteiger partial charge in [0.1, 0.15) is 0 Å². The highest BCUT2D eigenvalue weighted by molar-refractivity contribution is 6.33. The maximum Gasteiger partial charge on any atom is 0.255 e. The molecule has 0 aliphatic carbocycles. The zero-order valence-electron chi connectivity index (χ0n) is 22.4. The lowest BCUT2D eigenvalue weighted by Gasteiger charge is -2.45. The van der Waals surface area contributed by atoms with E-state index in [0.29, 0.717) is 67.4 Å². The number of methoxy groups -OCH3 is 2. The van der Waals surface area contributed by atoms with Crippen LogP contribution in [0.5, 0.6) is 11.5 Å². The van der Waals surface area contributed by atoms with E-state index in [9.17, 15) is 9.59 Å². The van der Waals surface area contributed by atoms with Gasteiger partial charge in [-0.2, -0.15) is 0 Å². The summed E-state index contributed by atoms with van der Waals surface area (Å²) < 4.78 is 10.9. The Morgan fingerprint density at radius 2 is 1.64 bits per heavy atom. The third-order valence-electron chi connectivity index (χ3n) is 7.86. The molecule has 8 heteroatoms. The Labute approximate surface area is 234 Å². The smallest absolute Gasteiger partial charge is 0.255 e. The molecule has 1 atom stereocenters. The summed E-state index contributed by atoms with van der Waals surface area (Å²) in [4.78, 5) is 30.9. The molecule has 1 N–H and O–H groups in total. The molecule has 5 rings (SSSR count). The van der Waals surface area contributed by atoms with Crippen molar-refractivity contribution in [2.45, 2.75) is 37.4 Å². The highest BCUT2D eigenvalue weighted by atomic mass is 35.5. The lowest BCUT2D eigenvalue weighted by atomic mass is 9.94. The largest absolute Gasteiger partial charge is 0.493 e. The molecule has 1 spiro atoms. The number of hydrogen-bond donors (Lipinski definition) is 1. The summed E-state index contributed by atoms with van der Waals surface area (Å²) in [6, 6.07) is 22.8. The molecule has 2 heterocycles. The van der Waals surface area contributed by atoms with E-state index in [2.05, 4.69) is 17.4 Å². The van der Waals surface area contributed by atoms with E-state index < -0.39 is 5.66 Å². The summed E-state index contributed by atoms with van der Waals surface area (Å²) in [5.41, 5.74) is 2.18. The van der Waals surface area contributed by atoms with Gasteiger partial charge in [-0.1, -0.05) is 60.1 Å². The number of amides is 2. The number of piperidine rings is 1. The van der Waals surface area contributed by atoms with Gasteiger partial charge in [-0.05, 0) is 48.2 Å². The number of nitrogens with one attached hydrogen (secondary N) is 1. The van der Waals surface area contributed by atoms with E-state index in [4.69, 9.17) is 21.1 Å². The summed E-state index contributed by atoms with van der Waals surface area (Å²) in [6.45, 7) is 1.63. The van der Waals surface area contributed by atoms with Gasteiger partial charge >= 0.3 is 0 Å². The maximum absolute atomic E-state index is 13.8. The van der Waals surface area contributed by atoms with Crippen LogP contribution < -0.4 is 14.8 Å². The number of carbonyl (C=O) groups excluding carboxylic acids is 2. The SMILES string of the molecule is COc1ccc(CCN2C(=O)[C@H](Cc3ccccc3)NC23CCN(C(=O)c2ccccc2Cl)CC3)cc1OC. The summed E-state index contributed by atoms with van der Waals surface area (Å²) in [5, 5.41) is 4.17. The summed E-state index contributed by atoms with van der Waals surface area (Å²) in [7, 11) is 3.24. The van der Waals surface area contributed by atoms with Crippen LogP contribution in [0.3, 0.4) is 0 Å². The molecule has 2 aliphatic heterocycles. The predicted octanol–water partition coefficient (Wildman–Crippen LogP) is 4.58. The van der Waals surface area contributed by atoms with Crippen molar-refractivity contribution < 1.29 is 19.1 Å². The fourth-order valence-electron chi connectivity index (χ4n) is 5.75. The first-order valence-corrected chi connectivity index (χ1v) is 13.7. The van der Waals surface area contributed by atoms with Crippen molar-refractivity contribution in [1.29, 1.82) is 0 Å². The van der Waals surface area contributed by atoms with Crippen molar-refractivity contribution in [3.05, 3.63) is 94.5 Å². The number of nitrogens with zero attached hydrogens (tertiary/aromatic N) is 2. The standard InChI is InChI=1S/C31H34ClN3O4/c1-38-27-13-12-23(21-28(27)39-2)14-17-35-30(37)26(20-22-8-4-3-5-9-22)33-31(35)15-18-34(19-16-31)29(36)24-10-6-7-11-25(24)32/h3-13,21,26,33H,14-20H2,1-2H3/t26-/m0/s1. The van der Waals surface area contributed by atoms with Crippen molar-refractivity contribution >= 4 is 23.4 Å². The Bertz CT molecular complexity index is 1320. The van der Waals surface area contributed by atoms with Crippen LogP contribution in [0.15, 0.2) is 72.8 Å². The van der Waals surface area contributed by atoms with Gasteiger partial charge in [0.15, 0.2) is 11.5 Å². The number of likely N-dealkylation sites (tertiary alicyclic amines) is 1. The molecule has 0 radical (unpaired) electrons. The minimum atomic E-state index is -0.510. The molecule has 0 bridgehead atoms. The van der Waals surface area contributed by atoms with Crippen LogP contribution in [0, 0.1) is 0 Å². The molecule has 2 saturated heterocycles. The lowest BCUT2D eigenvalue weighted by Crippen LogP contribution is -2.60. The second-order valence-electron chi connectivity index (χ2n) is 10.1. The predicted molar refractivity (Wildman–Crippen MR) is 151 cm³/mol. The van der Waals surface area contributed by atoms with Crippen LogP contribution >= 0.6 is 11.6 Å². The van der Waals surface area contributed by atoms with Crippen LogP contribution in [-0.4, -0.2) is 67.2 Å². The second-order valence-corrected chi connectivity index (χ2v) is 10.5. The molecule has 39 heavy (non-hydrogen) atoms. The van der Waals surface area contributed by atoms with Gasteiger partial charge in [-0.25, -0.2) is 0 Å². The highest BCUT2D eigenvalue weighted by Gasteiger charge is 2.51. The van der Waals surface area contributed by atoms with Crippen molar-refractivity contribution in [1.82, 2.24) is 15.1 Å². The monoisotopic (exact) mass is 547 g/mol. The molecule has 3 aromatic rings. The minimum Gasteiger partial charge on any atom is -0.493 e. The molecular weight excluding hydrogens is 514 g/mol. The fraction of sp³-hybridized carbons (Fsp3) is 0.355. The van der Waals surface area contributed by atoms with E-state index in [1.165, 1.54) is 0 Å². The minimum absolute atomic E-state index is 0.0718. The molecule has 2 fully saturated rings. The molecule has 0 aromatic heterocycles. The lowest BCUT2D eigenvalue weighted by molar-refractivity contribution is -0.133. The van der Waals surface area contributed by atoms with Gasteiger partial charge in [-0.15, -0.1) is 0 Å². The normalized spacial score (nSPS) is 18.4. The van der Waals surface area contributed by atoms with E-state index in [1.54, 1.807) is 26.4 Å². The number of halogens is 1.